The van der Waals surface area contributed by atoms with Gasteiger partial charge in [0.25, 0.3) is 0 Å². The number of halogens is 1. The first-order chi connectivity index (χ1) is 5.74. The van der Waals surface area contributed by atoms with E-state index in [4.69, 9.17) is 3.07 Å². The summed E-state index contributed by atoms with van der Waals surface area (Å²) in [6.45, 7) is 1.57. The molecule has 0 spiro atoms. The Morgan fingerprint density at radius 1 is 1.50 bits per heavy atom. The molecule has 0 amide bonds. The summed E-state index contributed by atoms with van der Waals surface area (Å²) in [5.41, 5.74) is 0.944. The number of carbonyl (C=O) groups excluding carboxylic acids is 1. The van der Waals surface area contributed by atoms with Crippen LogP contribution in [0.2, 0.25) is 0 Å². The second-order valence-electron chi connectivity index (χ2n) is 2.56. The van der Waals surface area contributed by atoms with Crippen molar-refractivity contribution in [2.24, 2.45) is 0 Å². The minimum atomic E-state index is 0.149. The molecule has 0 aromatic heterocycles. The summed E-state index contributed by atoms with van der Waals surface area (Å²) < 4.78 is 5.06. The average Bonchev–Trinajstić information content (AvgIpc) is 2.04. The van der Waals surface area contributed by atoms with E-state index in [1.807, 2.05) is 47.3 Å². The Labute approximate surface area is 85.6 Å². The number of rotatable bonds is 3. The van der Waals surface area contributed by atoms with Crippen LogP contribution in [0, 0.1) is 0 Å². The van der Waals surface area contributed by atoms with Crippen molar-refractivity contribution >= 4 is 28.8 Å². The molecule has 0 bridgehead atoms. The maximum Gasteiger partial charge on any atom is 0.192 e. The quantitative estimate of drug-likeness (QED) is 0.793. The molecule has 3 heteroatoms. The standard InChI is InChI=1S/C9H9IO2/c1-7(11)6-8-4-2-3-5-9(8)12-10/h2-5H,6H2,1H3. The molecule has 1 aromatic carbocycles. The van der Waals surface area contributed by atoms with E-state index in [-0.39, 0.29) is 5.78 Å². The minimum Gasteiger partial charge on any atom is -0.427 e. The molecule has 0 saturated heterocycles. The summed E-state index contributed by atoms with van der Waals surface area (Å²) in [6, 6.07) is 7.54. The van der Waals surface area contributed by atoms with Crippen molar-refractivity contribution in [3.05, 3.63) is 29.8 Å². The zero-order chi connectivity index (χ0) is 8.97. The fraction of sp³-hybridized carbons (Fsp3) is 0.222. The Balaban J connectivity index is 2.89. The van der Waals surface area contributed by atoms with Crippen LogP contribution in [0.25, 0.3) is 0 Å². The Kier molecular flexibility index (Phi) is 3.52. The van der Waals surface area contributed by atoms with Gasteiger partial charge in [0.2, 0.25) is 0 Å². The first-order valence-electron chi connectivity index (χ1n) is 3.60. The van der Waals surface area contributed by atoms with Crippen molar-refractivity contribution in [1.82, 2.24) is 0 Å². The lowest BCUT2D eigenvalue weighted by atomic mass is 10.1. The second-order valence-corrected chi connectivity index (χ2v) is 3.00. The lowest BCUT2D eigenvalue weighted by Crippen LogP contribution is -1.97. The summed E-state index contributed by atoms with van der Waals surface area (Å²) in [7, 11) is 0. The van der Waals surface area contributed by atoms with Crippen LogP contribution in [-0.4, -0.2) is 5.78 Å². The second kappa shape index (κ2) is 4.45. The number of para-hydroxylation sites is 1. The number of ketones is 1. The van der Waals surface area contributed by atoms with Crippen molar-refractivity contribution in [2.45, 2.75) is 13.3 Å². The van der Waals surface area contributed by atoms with Crippen molar-refractivity contribution in [3.63, 3.8) is 0 Å². The van der Waals surface area contributed by atoms with Gasteiger partial charge in [-0.3, -0.25) is 4.79 Å². The van der Waals surface area contributed by atoms with Gasteiger partial charge in [0.1, 0.15) is 11.5 Å². The van der Waals surface area contributed by atoms with Gasteiger partial charge in [-0.05, 0) is 13.0 Å². The first-order valence-corrected chi connectivity index (χ1v) is 4.48. The van der Waals surface area contributed by atoms with Gasteiger partial charge in [-0.15, -0.1) is 0 Å². The van der Waals surface area contributed by atoms with Crippen LogP contribution in [0.15, 0.2) is 24.3 Å². The predicted molar refractivity (Wildman–Crippen MR) is 55.5 cm³/mol. The van der Waals surface area contributed by atoms with Crippen LogP contribution in [0.1, 0.15) is 12.5 Å². The first kappa shape index (κ1) is 9.51. The average molecular weight is 276 g/mol. The predicted octanol–water partition coefficient (Wildman–Crippen LogP) is 2.55. The number of hydrogen-bond acceptors (Lipinski definition) is 2. The van der Waals surface area contributed by atoms with E-state index in [0.29, 0.717) is 6.42 Å². The highest BCUT2D eigenvalue weighted by Gasteiger charge is 2.03. The smallest absolute Gasteiger partial charge is 0.192 e. The van der Waals surface area contributed by atoms with Crippen molar-refractivity contribution in [3.8, 4) is 5.75 Å². The molecule has 0 aliphatic rings. The van der Waals surface area contributed by atoms with Crippen LogP contribution in [0.5, 0.6) is 5.75 Å². The van der Waals surface area contributed by atoms with Crippen LogP contribution < -0.4 is 3.07 Å². The van der Waals surface area contributed by atoms with Crippen LogP contribution in [0.4, 0.5) is 0 Å². The van der Waals surface area contributed by atoms with Crippen LogP contribution in [-0.2, 0) is 11.2 Å². The Morgan fingerprint density at radius 2 is 2.17 bits per heavy atom. The highest BCUT2D eigenvalue weighted by Crippen LogP contribution is 2.20. The molecule has 0 radical (unpaired) electrons. The summed E-state index contributed by atoms with van der Waals surface area (Å²) >= 11 is 1.81. The lowest BCUT2D eigenvalue weighted by Gasteiger charge is -2.03. The molecule has 64 valence electrons. The van der Waals surface area contributed by atoms with Crippen molar-refractivity contribution < 1.29 is 7.86 Å². The Hall–Kier alpha value is -0.580. The zero-order valence-electron chi connectivity index (χ0n) is 6.71. The van der Waals surface area contributed by atoms with E-state index >= 15 is 0 Å². The number of benzene rings is 1. The fourth-order valence-corrected chi connectivity index (χ4v) is 1.42. The molecule has 2 nitrogen and oxygen atoms in total. The van der Waals surface area contributed by atoms with E-state index in [1.54, 1.807) is 6.92 Å². The van der Waals surface area contributed by atoms with E-state index in [9.17, 15) is 4.79 Å². The van der Waals surface area contributed by atoms with Crippen LogP contribution in [0.3, 0.4) is 0 Å². The molecule has 1 rings (SSSR count). The van der Waals surface area contributed by atoms with Crippen LogP contribution >= 0.6 is 23.0 Å². The van der Waals surface area contributed by atoms with Gasteiger partial charge in [-0.2, -0.15) is 0 Å². The Bertz CT molecular complexity index is 284. The van der Waals surface area contributed by atoms with Gasteiger partial charge in [0, 0.05) is 12.0 Å². The molecule has 0 aliphatic carbocycles. The van der Waals surface area contributed by atoms with E-state index in [2.05, 4.69) is 0 Å². The SMILES string of the molecule is CC(=O)Cc1ccccc1OI. The topological polar surface area (TPSA) is 26.3 Å². The maximum atomic E-state index is 10.8. The third-order valence-corrected chi connectivity index (χ3v) is 1.97. The molecule has 0 aliphatic heterocycles. The fourth-order valence-electron chi connectivity index (χ4n) is 0.993. The summed E-state index contributed by atoms with van der Waals surface area (Å²) in [5.74, 6) is 0.921. The summed E-state index contributed by atoms with van der Waals surface area (Å²) in [4.78, 5) is 10.8. The molecule has 0 saturated carbocycles. The molecule has 1 aromatic rings. The number of carbonyl (C=O) groups is 1. The molecular formula is C9H9IO2. The third kappa shape index (κ3) is 2.48. The molecule has 0 N–H and O–H groups in total. The van der Waals surface area contributed by atoms with Crippen molar-refractivity contribution in [1.29, 1.82) is 0 Å². The number of Topliss-reactive ketones (excluding diaryl/α,β-unsaturated/α-hetero) is 1. The molecule has 12 heavy (non-hydrogen) atoms. The monoisotopic (exact) mass is 276 g/mol. The zero-order valence-corrected chi connectivity index (χ0v) is 8.87. The van der Waals surface area contributed by atoms with E-state index < -0.39 is 0 Å². The molecule has 0 fully saturated rings. The van der Waals surface area contributed by atoms with E-state index in [1.165, 1.54) is 0 Å². The van der Waals surface area contributed by atoms with E-state index in [0.717, 1.165) is 11.3 Å². The Morgan fingerprint density at radius 3 is 2.75 bits per heavy atom. The lowest BCUT2D eigenvalue weighted by molar-refractivity contribution is -0.116. The van der Waals surface area contributed by atoms with Gasteiger partial charge in [-0.25, -0.2) is 0 Å². The summed E-state index contributed by atoms with van der Waals surface area (Å²) in [6.07, 6.45) is 0.444. The minimum absolute atomic E-state index is 0.149. The maximum absolute atomic E-state index is 10.8. The van der Waals surface area contributed by atoms with Crippen molar-refractivity contribution in [2.75, 3.05) is 0 Å². The number of hydrogen-bond donors (Lipinski definition) is 0. The normalized spacial score (nSPS) is 9.50. The van der Waals surface area contributed by atoms with Gasteiger partial charge < -0.3 is 3.07 Å². The van der Waals surface area contributed by atoms with Gasteiger partial charge in [0.15, 0.2) is 23.0 Å². The van der Waals surface area contributed by atoms with Gasteiger partial charge in [-0.1, -0.05) is 18.2 Å². The summed E-state index contributed by atoms with van der Waals surface area (Å²) in [5, 5.41) is 0. The molecule has 0 unspecified atom stereocenters. The largest absolute Gasteiger partial charge is 0.427 e. The third-order valence-electron chi connectivity index (χ3n) is 1.50. The van der Waals surface area contributed by atoms with Gasteiger partial charge >= 0.3 is 0 Å². The van der Waals surface area contributed by atoms with Gasteiger partial charge in [0.05, 0.1) is 0 Å². The molecule has 0 atom stereocenters. The molecule has 0 heterocycles. The molecular weight excluding hydrogens is 267 g/mol. The highest BCUT2D eigenvalue weighted by atomic mass is 127. The highest BCUT2D eigenvalue weighted by molar-refractivity contribution is 14.1.